The zero-order chi connectivity index (χ0) is 28.6. The number of carbonyl (C=O) groups excluding carboxylic acids is 2. The van der Waals surface area contributed by atoms with Gasteiger partial charge in [0.05, 0.1) is 11.9 Å². The molecular formula is C31H39N3O4S. The second kappa shape index (κ2) is 13.4. The predicted molar refractivity (Wildman–Crippen MR) is 157 cm³/mol. The summed E-state index contributed by atoms with van der Waals surface area (Å²) in [6.07, 6.45) is 2.13. The van der Waals surface area contributed by atoms with Gasteiger partial charge in [-0.05, 0) is 49.9 Å². The number of nitrogens with one attached hydrogen (secondary N) is 1. The molecule has 0 aliphatic rings. The molecule has 0 saturated heterocycles. The van der Waals surface area contributed by atoms with Gasteiger partial charge in [0.2, 0.25) is 21.8 Å². The van der Waals surface area contributed by atoms with Crippen molar-refractivity contribution in [3.63, 3.8) is 0 Å². The van der Waals surface area contributed by atoms with E-state index >= 15 is 0 Å². The average molecular weight is 550 g/mol. The molecular weight excluding hydrogens is 510 g/mol. The topological polar surface area (TPSA) is 86.8 Å². The number of carbonyl (C=O) groups is 2. The maximum atomic E-state index is 14.1. The van der Waals surface area contributed by atoms with Crippen molar-refractivity contribution in [3.05, 3.63) is 101 Å². The first kappa shape index (κ1) is 29.9. The van der Waals surface area contributed by atoms with Crippen LogP contribution in [0.25, 0.3) is 0 Å². The van der Waals surface area contributed by atoms with Gasteiger partial charge in [0.15, 0.2) is 0 Å². The van der Waals surface area contributed by atoms with Crippen molar-refractivity contribution in [2.75, 3.05) is 17.1 Å². The van der Waals surface area contributed by atoms with Crippen molar-refractivity contribution in [2.45, 2.75) is 59.2 Å². The number of nitrogens with zero attached hydrogens (tertiary/aromatic N) is 2. The first-order valence-corrected chi connectivity index (χ1v) is 15.1. The van der Waals surface area contributed by atoms with Crippen molar-refractivity contribution < 1.29 is 18.0 Å². The van der Waals surface area contributed by atoms with Crippen molar-refractivity contribution in [1.82, 2.24) is 10.2 Å². The fraction of sp³-hybridized carbons (Fsp3) is 0.355. The lowest BCUT2D eigenvalue weighted by Gasteiger charge is -2.34. The quantitative estimate of drug-likeness (QED) is 0.357. The highest BCUT2D eigenvalue weighted by Gasteiger charge is 2.33. The molecule has 0 bridgehead atoms. The minimum absolute atomic E-state index is 0.0767. The molecule has 2 atom stereocenters. The van der Waals surface area contributed by atoms with Crippen LogP contribution >= 0.6 is 0 Å². The highest BCUT2D eigenvalue weighted by molar-refractivity contribution is 7.92. The van der Waals surface area contributed by atoms with Crippen LogP contribution in [0.4, 0.5) is 5.69 Å². The van der Waals surface area contributed by atoms with E-state index in [-0.39, 0.29) is 18.5 Å². The molecule has 8 heteroatoms. The lowest BCUT2D eigenvalue weighted by molar-refractivity contribution is -0.140. The zero-order valence-corrected chi connectivity index (χ0v) is 24.2. The normalized spacial score (nSPS) is 12.8. The second-order valence-electron chi connectivity index (χ2n) is 10.1. The molecule has 2 amide bonds. The summed E-state index contributed by atoms with van der Waals surface area (Å²) in [5.41, 5.74) is 3.93. The minimum Gasteiger partial charge on any atom is -0.352 e. The summed E-state index contributed by atoms with van der Waals surface area (Å²) in [6, 6.07) is 23.5. The van der Waals surface area contributed by atoms with E-state index in [1.54, 1.807) is 6.07 Å². The Balaban J connectivity index is 2.06. The smallest absolute Gasteiger partial charge is 0.244 e. The van der Waals surface area contributed by atoms with E-state index in [0.717, 1.165) is 39.2 Å². The fourth-order valence-electron chi connectivity index (χ4n) is 4.46. The van der Waals surface area contributed by atoms with Crippen LogP contribution in [0, 0.1) is 13.8 Å². The van der Waals surface area contributed by atoms with Gasteiger partial charge >= 0.3 is 0 Å². The Bertz CT molecular complexity index is 1360. The first-order chi connectivity index (χ1) is 18.5. The molecule has 3 aromatic carbocycles. The van der Waals surface area contributed by atoms with Crippen LogP contribution in [0.3, 0.4) is 0 Å². The SMILES string of the molecule is CCC(C)NC(=O)C(Cc1ccccc1)N(Cc1ccccc1)C(=O)CN(c1ccc(C)cc1C)S(C)(=O)=O. The van der Waals surface area contributed by atoms with Crippen LogP contribution in [0.1, 0.15) is 42.5 Å². The van der Waals surface area contributed by atoms with Gasteiger partial charge in [-0.1, -0.05) is 85.3 Å². The van der Waals surface area contributed by atoms with Crippen molar-refractivity contribution in [2.24, 2.45) is 0 Å². The van der Waals surface area contributed by atoms with Crippen LogP contribution < -0.4 is 9.62 Å². The van der Waals surface area contributed by atoms with Gasteiger partial charge in [-0.2, -0.15) is 0 Å². The van der Waals surface area contributed by atoms with E-state index < -0.39 is 28.5 Å². The average Bonchev–Trinajstić information content (AvgIpc) is 2.90. The molecule has 1 N–H and O–H groups in total. The number of amides is 2. The van der Waals surface area contributed by atoms with Crippen LogP contribution in [-0.4, -0.2) is 50.0 Å². The Labute approximate surface area is 232 Å². The van der Waals surface area contributed by atoms with E-state index in [2.05, 4.69) is 5.32 Å². The maximum Gasteiger partial charge on any atom is 0.244 e. The number of rotatable bonds is 12. The fourth-order valence-corrected chi connectivity index (χ4v) is 5.36. The third-order valence-corrected chi connectivity index (χ3v) is 7.89. The third kappa shape index (κ3) is 8.42. The van der Waals surface area contributed by atoms with Crippen molar-refractivity contribution in [3.8, 4) is 0 Å². The summed E-state index contributed by atoms with van der Waals surface area (Å²) in [4.78, 5) is 29.3. The predicted octanol–water partition coefficient (Wildman–Crippen LogP) is 4.62. The van der Waals surface area contributed by atoms with Crippen LogP contribution in [-0.2, 0) is 32.6 Å². The van der Waals surface area contributed by atoms with Gasteiger partial charge in [-0.25, -0.2) is 8.42 Å². The molecule has 208 valence electrons. The van der Waals surface area contributed by atoms with E-state index in [1.807, 2.05) is 100 Å². The lowest BCUT2D eigenvalue weighted by atomic mass is 10.0. The number of hydrogen-bond acceptors (Lipinski definition) is 4. The van der Waals surface area contributed by atoms with Gasteiger partial charge in [0.25, 0.3) is 0 Å². The summed E-state index contributed by atoms with van der Waals surface area (Å²) in [5.74, 6) is -0.723. The Morgan fingerprint density at radius 1 is 0.897 bits per heavy atom. The van der Waals surface area contributed by atoms with Crippen molar-refractivity contribution >= 4 is 27.5 Å². The molecule has 0 aliphatic heterocycles. The summed E-state index contributed by atoms with van der Waals surface area (Å²) in [7, 11) is -3.80. The number of benzene rings is 3. The molecule has 3 rings (SSSR count). The molecule has 3 aromatic rings. The number of sulfonamides is 1. The molecule has 0 spiro atoms. The molecule has 0 aliphatic carbocycles. The summed E-state index contributed by atoms with van der Waals surface area (Å²) < 4.78 is 27.0. The molecule has 0 radical (unpaired) electrons. The summed E-state index contributed by atoms with van der Waals surface area (Å²) >= 11 is 0. The number of anilines is 1. The monoisotopic (exact) mass is 549 g/mol. The minimum atomic E-state index is -3.80. The van der Waals surface area contributed by atoms with Crippen LogP contribution in [0.5, 0.6) is 0 Å². The van der Waals surface area contributed by atoms with Crippen LogP contribution in [0.15, 0.2) is 78.9 Å². The Hall–Kier alpha value is -3.65. The Kier molecular flexibility index (Phi) is 10.3. The van der Waals surface area contributed by atoms with E-state index in [9.17, 15) is 18.0 Å². The highest BCUT2D eigenvalue weighted by atomic mass is 32.2. The molecule has 0 fully saturated rings. The molecule has 0 heterocycles. The van der Waals surface area contributed by atoms with Crippen LogP contribution in [0.2, 0.25) is 0 Å². The Morgan fingerprint density at radius 2 is 1.49 bits per heavy atom. The van der Waals surface area contributed by atoms with E-state index in [4.69, 9.17) is 0 Å². The van der Waals surface area contributed by atoms with E-state index in [0.29, 0.717) is 12.1 Å². The molecule has 7 nitrogen and oxygen atoms in total. The second-order valence-corrected chi connectivity index (χ2v) is 12.0. The summed E-state index contributed by atoms with van der Waals surface area (Å²) in [6.45, 7) is 7.40. The summed E-state index contributed by atoms with van der Waals surface area (Å²) in [5, 5.41) is 3.04. The molecule has 0 aromatic heterocycles. The van der Waals surface area contributed by atoms with Gasteiger partial charge in [-0.3, -0.25) is 13.9 Å². The lowest BCUT2D eigenvalue weighted by Crippen LogP contribution is -2.54. The number of aryl methyl sites for hydroxylation is 2. The van der Waals surface area contributed by atoms with Gasteiger partial charge in [0, 0.05) is 19.0 Å². The molecule has 2 unspecified atom stereocenters. The number of hydrogen-bond donors (Lipinski definition) is 1. The molecule has 39 heavy (non-hydrogen) atoms. The van der Waals surface area contributed by atoms with Crippen molar-refractivity contribution in [1.29, 1.82) is 0 Å². The standard InChI is InChI=1S/C31H39N3O4S/c1-6-25(4)32-31(36)29(20-26-13-9-7-10-14-26)33(21-27-15-11-8-12-16-27)30(35)22-34(39(5,37)38)28-18-17-23(2)19-24(28)3/h7-19,25,29H,6,20-22H2,1-5H3,(H,32,36). The van der Waals surface area contributed by atoms with Gasteiger partial charge in [0.1, 0.15) is 12.6 Å². The third-order valence-electron chi connectivity index (χ3n) is 6.77. The first-order valence-electron chi connectivity index (χ1n) is 13.2. The van der Waals surface area contributed by atoms with E-state index in [1.165, 1.54) is 4.90 Å². The Morgan fingerprint density at radius 3 is 2.03 bits per heavy atom. The zero-order valence-electron chi connectivity index (χ0n) is 23.4. The highest BCUT2D eigenvalue weighted by Crippen LogP contribution is 2.24. The van der Waals surface area contributed by atoms with Gasteiger partial charge < -0.3 is 10.2 Å². The largest absolute Gasteiger partial charge is 0.352 e. The van der Waals surface area contributed by atoms with Gasteiger partial charge in [-0.15, -0.1) is 0 Å². The molecule has 0 saturated carbocycles. The maximum absolute atomic E-state index is 14.1.